The van der Waals surface area contributed by atoms with Crippen molar-refractivity contribution in [1.29, 1.82) is 0 Å². The molecule has 0 spiro atoms. The highest BCUT2D eigenvalue weighted by Gasteiger charge is 2.10. The van der Waals surface area contributed by atoms with Gasteiger partial charge in [-0.25, -0.2) is 0 Å². The Morgan fingerprint density at radius 2 is 1.56 bits per heavy atom. The minimum Gasteiger partial charge on any atom is -0.395 e. The SMILES string of the molecule is CN(CCO)C(=O)CCCCC(=O)N(O)O. The average molecular weight is 234 g/mol. The number of nitrogens with zero attached hydrogens (tertiary/aromatic N) is 2. The normalized spacial score (nSPS) is 10.0. The second-order valence-corrected chi connectivity index (χ2v) is 3.43. The number of carbonyl (C=O) groups is 2. The van der Waals surface area contributed by atoms with Crippen LogP contribution < -0.4 is 0 Å². The van der Waals surface area contributed by atoms with E-state index in [2.05, 4.69) is 0 Å². The summed E-state index contributed by atoms with van der Waals surface area (Å²) >= 11 is 0. The van der Waals surface area contributed by atoms with Crippen molar-refractivity contribution < 1.29 is 25.1 Å². The van der Waals surface area contributed by atoms with Gasteiger partial charge in [-0.05, 0) is 12.8 Å². The van der Waals surface area contributed by atoms with E-state index in [0.717, 1.165) is 0 Å². The van der Waals surface area contributed by atoms with Crippen LogP contribution in [0.25, 0.3) is 0 Å². The lowest BCUT2D eigenvalue weighted by atomic mass is 10.2. The number of hydrogen-bond donors (Lipinski definition) is 3. The van der Waals surface area contributed by atoms with Crippen molar-refractivity contribution in [3.05, 3.63) is 0 Å². The van der Waals surface area contributed by atoms with Gasteiger partial charge in [0.25, 0.3) is 5.91 Å². The summed E-state index contributed by atoms with van der Waals surface area (Å²) in [5, 5.41) is 24.8. The molecule has 2 amide bonds. The largest absolute Gasteiger partial charge is 0.395 e. The Morgan fingerprint density at radius 1 is 1.06 bits per heavy atom. The Morgan fingerprint density at radius 3 is 2.00 bits per heavy atom. The lowest BCUT2D eigenvalue weighted by Gasteiger charge is -2.15. The highest BCUT2D eigenvalue weighted by Crippen LogP contribution is 2.03. The van der Waals surface area contributed by atoms with Crippen LogP contribution in [0.15, 0.2) is 0 Å². The number of unbranched alkanes of at least 4 members (excludes halogenated alkanes) is 1. The van der Waals surface area contributed by atoms with Crippen LogP contribution in [0, 0.1) is 0 Å². The molecule has 0 fully saturated rings. The van der Waals surface area contributed by atoms with Crippen molar-refractivity contribution in [3.8, 4) is 0 Å². The first-order chi connectivity index (χ1) is 7.49. The predicted octanol–water partition coefficient (Wildman–Crippen LogP) is -0.395. The van der Waals surface area contributed by atoms with Gasteiger partial charge in [-0.3, -0.25) is 20.0 Å². The quantitative estimate of drug-likeness (QED) is 0.316. The molecule has 0 unspecified atom stereocenters. The Kier molecular flexibility index (Phi) is 7.44. The summed E-state index contributed by atoms with van der Waals surface area (Å²) in [4.78, 5) is 23.5. The Hall–Kier alpha value is -1.18. The molecule has 3 N–H and O–H groups in total. The van der Waals surface area contributed by atoms with Crippen LogP contribution in [-0.4, -0.2) is 57.7 Å². The van der Waals surface area contributed by atoms with Gasteiger partial charge in [-0.15, -0.1) is 0 Å². The van der Waals surface area contributed by atoms with Gasteiger partial charge in [-0.1, -0.05) is 5.23 Å². The second kappa shape index (κ2) is 8.03. The lowest BCUT2D eigenvalue weighted by Crippen LogP contribution is -2.29. The second-order valence-electron chi connectivity index (χ2n) is 3.43. The molecule has 0 bridgehead atoms. The number of aliphatic hydroxyl groups excluding tert-OH is 1. The monoisotopic (exact) mass is 234 g/mol. The number of carbonyl (C=O) groups excluding carboxylic acids is 2. The molecule has 0 aromatic heterocycles. The molecular weight excluding hydrogens is 216 g/mol. The first kappa shape index (κ1) is 14.8. The van der Waals surface area contributed by atoms with E-state index in [4.69, 9.17) is 15.5 Å². The molecule has 94 valence electrons. The number of hydroxylamine groups is 2. The van der Waals surface area contributed by atoms with Crippen LogP contribution >= 0.6 is 0 Å². The van der Waals surface area contributed by atoms with Crippen LogP contribution in [0.5, 0.6) is 0 Å². The highest BCUT2D eigenvalue weighted by atomic mass is 16.8. The third kappa shape index (κ3) is 6.33. The first-order valence-electron chi connectivity index (χ1n) is 5.04. The van der Waals surface area contributed by atoms with Crippen molar-refractivity contribution in [3.63, 3.8) is 0 Å². The topological polar surface area (TPSA) is 101 Å². The number of aliphatic hydroxyl groups is 1. The van der Waals surface area contributed by atoms with E-state index in [0.29, 0.717) is 19.4 Å². The van der Waals surface area contributed by atoms with Crippen molar-refractivity contribution in [1.82, 2.24) is 10.1 Å². The minimum atomic E-state index is -0.795. The van der Waals surface area contributed by atoms with E-state index in [1.165, 1.54) is 4.90 Å². The van der Waals surface area contributed by atoms with Crippen LogP contribution in [-0.2, 0) is 9.59 Å². The average Bonchev–Trinajstić information content (AvgIpc) is 2.23. The van der Waals surface area contributed by atoms with Crippen molar-refractivity contribution in [2.24, 2.45) is 0 Å². The molecular formula is C9H18N2O5. The molecule has 0 aliphatic heterocycles. The third-order valence-corrected chi connectivity index (χ3v) is 2.12. The summed E-state index contributed by atoms with van der Waals surface area (Å²) < 4.78 is 0. The number of likely N-dealkylation sites (N-methyl/N-ethyl adjacent to an activating group) is 1. The van der Waals surface area contributed by atoms with Gasteiger partial charge >= 0.3 is 0 Å². The van der Waals surface area contributed by atoms with Crippen molar-refractivity contribution >= 4 is 11.8 Å². The highest BCUT2D eigenvalue weighted by molar-refractivity contribution is 5.76. The van der Waals surface area contributed by atoms with Crippen LogP contribution in [0.3, 0.4) is 0 Å². The Labute approximate surface area is 93.8 Å². The van der Waals surface area contributed by atoms with Crippen LogP contribution in [0.4, 0.5) is 0 Å². The standard InChI is InChI=1S/C9H18N2O5/c1-10(6-7-12)8(13)4-2-3-5-9(14)11(15)16/h12,15-16H,2-7H2,1H3. The van der Waals surface area contributed by atoms with Gasteiger partial charge in [-0.2, -0.15) is 0 Å². The van der Waals surface area contributed by atoms with Crippen molar-refractivity contribution in [2.75, 3.05) is 20.2 Å². The maximum atomic E-state index is 11.3. The lowest BCUT2D eigenvalue weighted by molar-refractivity contribution is -0.285. The molecule has 0 saturated carbocycles. The Balaban J connectivity index is 3.59. The van der Waals surface area contributed by atoms with E-state index in [-0.39, 0.29) is 25.4 Å². The van der Waals surface area contributed by atoms with Crippen LogP contribution in [0.2, 0.25) is 0 Å². The fourth-order valence-corrected chi connectivity index (χ4v) is 1.12. The summed E-state index contributed by atoms with van der Waals surface area (Å²) in [5.74, 6) is -0.900. The summed E-state index contributed by atoms with van der Waals surface area (Å²) in [6, 6.07) is 0. The Bertz CT molecular complexity index is 232. The van der Waals surface area contributed by atoms with E-state index in [1.54, 1.807) is 7.05 Å². The summed E-state index contributed by atoms with van der Waals surface area (Å²) in [5.41, 5.74) is 0. The number of hydrogen-bond acceptors (Lipinski definition) is 5. The summed E-state index contributed by atoms with van der Waals surface area (Å²) in [6.45, 7) is 0.212. The van der Waals surface area contributed by atoms with E-state index < -0.39 is 11.1 Å². The fourth-order valence-electron chi connectivity index (χ4n) is 1.12. The molecule has 7 nitrogen and oxygen atoms in total. The molecule has 0 aromatic rings. The minimum absolute atomic E-state index is 0.00993. The van der Waals surface area contributed by atoms with Gasteiger partial charge in [0.05, 0.1) is 6.61 Å². The molecule has 7 heteroatoms. The molecule has 0 aliphatic rings. The predicted molar refractivity (Wildman–Crippen MR) is 53.6 cm³/mol. The molecule has 0 aromatic carbocycles. The molecule has 0 aliphatic carbocycles. The van der Waals surface area contributed by atoms with Crippen molar-refractivity contribution in [2.45, 2.75) is 25.7 Å². The zero-order chi connectivity index (χ0) is 12.6. The zero-order valence-corrected chi connectivity index (χ0v) is 9.30. The molecule has 0 saturated heterocycles. The van der Waals surface area contributed by atoms with E-state index >= 15 is 0 Å². The smallest absolute Gasteiger partial charge is 0.273 e. The molecule has 0 atom stereocenters. The van der Waals surface area contributed by atoms with E-state index in [1.807, 2.05) is 0 Å². The molecule has 0 heterocycles. The zero-order valence-electron chi connectivity index (χ0n) is 9.30. The van der Waals surface area contributed by atoms with Gasteiger partial charge in [0, 0.05) is 26.4 Å². The number of amides is 2. The third-order valence-electron chi connectivity index (χ3n) is 2.12. The summed E-state index contributed by atoms with van der Waals surface area (Å²) in [7, 11) is 1.59. The van der Waals surface area contributed by atoms with Crippen LogP contribution in [0.1, 0.15) is 25.7 Å². The van der Waals surface area contributed by atoms with E-state index in [9.17, 15) is 9.59 Å². The maximum absolute atomic E-state index is 11.3. The fraction of sp³-hybridized carbons (Fsp3) is 0.778. The molecule has 16 heavy (non-hydrogen) atoms. The van der Waals surface area contributed by atoms with Gasteiger partial charge in [0.1, 0.15) is 0 Å². The van der Waals surface area contributed by atoms with Gasteiger partial charge in [0.2, 0.25) is 5.91 Å². The molecule has 0 rings (SSSR count). The molecule has 0 radical (unpaired) electrons. The summed E-state index contributed by atoms with van der Waals surface area (Å²) in [6.07, 6.45) is 1.17. The first-order valence-corrected chi connectivity index (χ1v) is 5.04. The number of rotatable bonds is 7. The maximum Gasteiger partial charge on any atom is 0.273 e. The van der Waals surface area contributed by atoms with Gasteiger partial charge in [0.15, 0.2) is 0 Å². The van der Waals surface area contributed by atoms with Gasteiger partial charge < -0.3 is 10.0 Å².